The second-order valence-electron chi connectivity index (χ2n) is 15.0. The van der Waals surface area contributed by atoms with Crippen LogP contribution in [0.3, 0.4) is 0 Å². The number of amides is 3. The van der Waals surface area contributed by atoms with Gasteiger partial charge in [0, 0.05) is 29.7 Å². The van der Waals surface area contributed by atoms with E-state index >= 15 is 0 Å². The van der Waals surface area contributed by atoms with Crippen molar-refractivity contribution in [3.05, 3.63) is 28.7 Å². The van der Waals surface area contributed by atoms with Crippen LogP contribution >= 0.6 is 23.4 Å². The molecule has 0 unspecified atom stereocenters. The van der Waals surface area contributed by atoms with Gasteiger partial charge in [-0.3, -0.25) is 0 Å². The minimum Gasteiger partial charge on any atom is -0.461 e. The lowest BCUT2D eigenvalue weighted by Gasteiger charge is -2.40. The van der Waals surface area contributed by atoms with Crippen molar-refractivity contribution in [3.8, 4) is 0 Å². The molecule has 0 radical (unpaired) electrons. The molecule has 3 amide bonds. The van der Waals surface area contributed by atoms with Crippen LogP contribution < -0.4 is 15.1 Å². The summed E-state index contributed by atoms with van der Waals surface area (Å²) in [5, 5.41) is 3.27. The molecule has 0 bridgehead atoms. The summed E-state index contributed by atoms with van der Waals surface area (Å²) in [6, 6.07) is 1.58. The van der Waals surface area contributed by atoms with Crippen molar-refractivity contribution in [1.82, 2.24) is 20.3 Å². The van der Waals surface area contributed by atoms with E-state index in [2.05, 4.69) is 15.3 Å². The average Bonchev–Trinajstić information content (AvgIpc) is 2.93. The molecule has 16 heteroatoms. The molecule has 0 aromatic carbocycles. The molecule has 1 N–H and O–H groups in total. The number of alkyl carbamates (subject to hydrolysis) is 1. The molecule has 2 aromatic rings. The van der Waals surface area contributed by atoms with Crippen LogP contribution in [0.1, 0.15) is 105 Å². The summed E-state index contributed by atoms with van der Waals surface area (Å²) < 4.78 is 21.8. The zero-order valence-corrected chi connectivity index (χ0v) is 32.6. The average molecular weight is 737 g/mol. The minimum absolute atomic E-state index is 0.0122. The molecule has 2 aromatic heterocycles. The largest absolute Gasteiger partial charge is 0.461 e. The highest BCUT2D eigenvalue weighted by molar-refractivity contribution is 7.99. The van der Waals surface area contributed by atoms with Crippen LogP contribution in [0.4, 0.5) is 26.0 Å². The Morgan fingerprint density at radius 1 is 0.940 bits per heavy atom. The van der Waals surface area contributed by atoms with Crippen LogP contribution in [0.5, 0.6) is 0 Å². The molecule has 1 fully saturated rings. The molecule has 50 heavy (non-hydrogen) atoms. The third kappa shape index (κ3) is 11.3. The summed E-state index contributed by atoms with van der Waals surface area (Å²) in [5.74, 6) is -0.504. The zero-order chi connectivity index (χ0) is 37.8. The summed E-state index contributed by atoms with van der Waals surface area (Å²) in [6.07, 6.45) is -0.0277. The first kappa shape index (κ1) is 40.6. The number of ether oxygens (including phenoxy) is 4. The summed E-state index contributed by atoms with van der Waals surface area (Å²) in [4.78, 5) is 68.9. The maximum atomic E-state index is 13.3. The van der Waals surface area contributed by atoms with E-state index < -0.39 is 46.6 Å². The van der Waals surface area contributed by atoms with Gasteiger partial charge >= 0.3 is 24.2 Å². The van der Waals surface area contributed by atoms with E-state index in [1.807, 2.05) is 32.6 Å². The van der Waals surface area contributed by atoms with Crippen molar-refractivity contribution < 1.29 is 38.1 Å². The molecular formula is C34H49ClN6O8S. The third-order valence-electron chi connectivity index (χ3n) is 6.85. The first-order valence-electron chi connectivity index (χ1n) is 16.3. The number of imide groups is 1. The predicted octanol–water partition coefficient (Wildman–Crippen LogP) is 7.72. The number of carbonyl (C=O) groups is 4. The lowest BCUT2D eigenvalue weighted by molar-refractivity contribution is 0.0418. The summed E-state index contributed by atoms with van der Waals surface area (Å²) in [6.45, 7) is 21.9. The van der Waals surface area contributed by atoms with Gasteiger partial charge in [-0.25, -0.2) is 34.1 Å². The molecule has 1 aliphatic heterocycles. The number of piperidine rings is 1. The van der Waals surface area contributed by atoms with Crippen LogP contribution in [0.25, 0.3) is 0 Å². The van der Waals surface area contributed by atoms with Crippen molar-refractivity contribution in [2.75, 3.05) is 29.5 Å². The number of nitrogens with one attached hydrogen (secondary N) is 1. The number of rotatable bonds is 7. The van der Waals surface area contributed by atoms with E-state index in [-0.39, 0.29) is 23.1 Å². The van der Waals surface area contributed by atoms with Gasteiger partial charge in [-0.1, -0.05) is 23.4 Å². The van der Waals surface area contributed by atoms with Crippen molar-refractivity contribution in [2.24, 2.45) is 0 Å². The van der Waals surface area contributed by atoms with Crippen molar-refractivity contribution in [2.45, 2.75) is 128 Å². The molecule has 0 aliphatic carbocycles. The fraction of sp³-hybridized carbons (Fsp3) is 0.618. The first-order valence-corrected chi connectivity index (χ1v) is 17.5. The normalized spacial score (nSPS) is 14.8. The number of aryl methyl sites for hydroxylation is 1. The van der Waals surface area contributed by atoms with Crippen LogP contribution in [0, 0.1) is 6.92 Å². The van der Waals surface area contributed by atoms with Crippen LogP contribution in [0.2, 0.25) is 5.02 Å². The molecule has 0 atom stereocenters. The molecule has 3 rings (SSSR count). The fourth-order valence-corrected chi connectivity index (χ4v) is 5.81. The number of esters is 1. The zero-order valence-electron chi connectivity index (χ0n) is 31.0. The molecule has 1 saturated heterocycles. The molecule has 276 valence electrons. The lowest BCUT2D eigenvalue weighted by atomic mass is 9.89. The third-order valence-corrected chi connectivity index (χ3v) is 8.48. The fourth-order valence-electron chi connectivity index (χ4n) is 4.65. The minimum atomic E-state index is -1.02. The van der Waals surface area contributed by atoms with Gasteiger partial charge in [0.1, 0.15) is 21.8 Å². The Kier molecular flexibility index (Phi) is 12.6. The van der Waals surface area contributed by atoms with Gasteiger partial charge in [-0.05, 0) is 102 Å². The van der Waals surface area contributed by atoms with E-state index in [1.54, 1.807) is 61.5 Å². The highest BCUT2D eigenvalue weighted by atomic mass is 35.5. The van der Waals surface area contributed by atoms with Gasteiger partial charge in [0.15, 0.2) is 17.3 Å². The molecule has 1 aliphatic rings. The van der Waals surface area contributed by atoms with E-state index in [9.17, 15) is 19.2 Å². The highest BCUT2D eigenvalue weighted by Crippen LogP contribution is 2.40. The van der Waals surface area contributed by atoms with Gasteiger partial charge in [-0.15, -0.1) is 0 Å². The summed E-state index contributed by atoms with van der Waals surface area (Å²) >= 11 is 7.89. The Morgan fingerprint density at radius 3 is 1.98 bits per heavy atom. The summed E-state index contributed by atoms with van der Waals surface area (Å²) in [5.41, 5.74) is -2.52. The molecule has 0 saturated carbocycles. The van der Waals surface area contributed by atoms with Crippen LogP contribution in [-0.4, -0.2) is 81.2 Å². The number of aromatic nitrogens is 3. The topological polar surface area (TPSA) is 162 Å². The molecule has 0 spiro atoms. The standard InChI is InChI=1S/C34H49ClN6O8S/c1-13-46-27(42)23-25(40-18-15-34(12,16-19-40)39-28(43)47-31(3,4)5)37-20(2)26(38-23)50-21-14-17-36-24(22(21)35)41(29(44)48-32(6,7)8)30(45)49-33(9,10)11/h14,17H,13,15-16,18-19H2,1-12H3,(H,39,43). The molecular weight excluding hydrogens is 688 g/mol. The molecule has 14 nitrogen and oxygen atoms in total. The number of halogens is 1. The predicted molar refractivity (Wildman–Crippen MR) is 190 cm³/mol. The second-order valence-corrected chi connectivity index (χ2v) is 16.4. The van der Waals surface area contributed by atoms with E-state index in [0.717, 1.165) is 11.8 Å². The number of anilines is 2. The van der Waals surface area contributed by atoms with Gasteiger partial charge in [0.2, 0.25) is 0 Å². The maximum absolute atomic E-state index is 13.3. The number of hydrogen-bond donors (Lipinski definition) is 1. The van der Waals surface area contributed by atoms with E-state index in [0.29, 0.717) is 52.3 Å². The van der Waals surface area contributed by atoms with E-state index in [1.165, 1.54) is 6.20 Å². The number of carbonyl (C=O) groups excluding carboxylic acids is 4. The number of pyridine rings is 1. The van der Waals surface area contributed by atoms with Crippen molar-refractivity contribution in [1.29, 1.82) is 0 Å². The van der Waals surface area contributed by atoms with Crippen molar-refractivity contribution >= 4 is 59.2 Å². The van der Waals surface area contributed by atoms with Gasteiger partial charge < -0.3 is 29.2 Å². The quantitative estimate of drug-likeness (QED) is 0.217. The lowest BCUT2D eigenvalue weighted by Crippen LogP contribution is -2.54. The Bertz CT molecular complexity index is 1570. The van der Waals surface area contributed by atoms with Gasteiger partial charge in [-0.2, -0.15) is 4.90 Å². The summed E-state index contributed by atoms with van der Waals surface area (Å²) in [7, 11) is 0. The molecule has 3 heterocycles. The highest BCUT2D eigenvalue weighted by Gasteiger charge is 2.37. The Hall–Kier alpha value is -3.85. The SMILES string of the molecule is CCOC(=O)c1nc(Sc2ccnc(N(C(=O)OC(C)(C)C)C(=O)OC(C)(C)C)c2Cl)c(C)nc1N1CCC(C)(NC(=O)OC(C)(C)C)CC1. The smallest absolute Gasteiger partial charge is 0.425 e. The van der Waals surface area contributed by atoms with E-state index in [4.69, 9.17) is 35.5 Å². The Balaban J connectivity index is 1.97. The van der Waals surface area contributed by atoms with Crippen LogP contribution in [0.15, 0.2) is 22.2 Å². The van der Waals surface area contributed by atoms with Gasteiger partial charge in [0.25, 0.3) is 0 Å². The number of nitrogens with zero attached hydrogens (tertiary/aromatic N) is 5. The van der Waals surface area contributed by atoms with Crippen molar-refractivity contribution in [3.63, 3.8) is 0 Å². The Labute approximate surface area is 303 Å². The monoisotopic (exact) mass is 736 g/mol. The second kappa shape index (κ2) is 15.6. The Morgan fingerprint density at radius 2 is 1.48 bits per heavy atom. The first-order chi connectivity index (χ1) is 22.9. The maximum Gasteiger partial charge on any atom is 0.425 e. The van der Waals surface area contributed by atoms with Crippen LogP contribution in [-0.2, 0) is 18.9 Å². The van der Waals surface area contributed by atoms with Gasteiger partial charge in [0.05, 0.1) is 17.3 Å². The number of hydrogen-bond acceptors (Lipinski definition) is 13.